The van der Waals surface area contributed by atoms with Crippen LogP contribution in [-0.4, -0.2) is 30.1 Å². The molecule has 2 heterocycles. The second-order valence-corrected chi connectivity index (χ2v) is 7.37. The van der Waals surface area contributed by atoms with Crippen LogP contribution in [0.1, 0.15) is 52.5 Å². The summed E-state index contributed by atoms with van der Waals surface area (Å²) in [6.07, 6.45) is 5.81. The van der Waals surface area contributed by atoms with Crippen LogP contribution in [-0.2, 0) is 0 Å². The van der Waals surface area contributed by atoms with Crippen LogP contribution in [0.25, 0.3) is 0 Å². The van der Waals surface area contributed by atoms with E-state index < -0.39 is 0 Å². The summed E-state index contributed by atoms with van der Waals surface area (Å²) in [4.78, 5) is 17.0. The molecule has 146 valence electrons. The van der Waals surface area contributed by atoms with Gasteiger partial charge >= 0.3 is 0 Å². The molecule has 4 unspecified atom stereocenters. The first-order valence-corrected chi connectivity index (χ1v) is 9.40. The van der Waals surface area contributed by atoms with Crippen LogP contribution >= 0.6 is 0 Å². The molecular weight excluding hydrogens is 358 g/mol. The largest absolute Gasteiger partial charge is 0.495 e. The molecule has 1 aromatic carbocycles. The first-order chi connectivity index (χ1) is 13.6. The Bertz CT molecular complexity index is 905. The van der Waals surface area contributed by atoms with Gasteiger partial charge in [-0.05, 0) is 37.8 Å². The summed E-state index contributed by atoms with van der Waals surface area (Å²) in [5.41, 5.74) is 8.20. The van der Waals surface area contributed by atoms with Crippen LogP contribution in [0.3, 0.4) is 0 Å². The third-order valence-corrected chi connectivity index (χ3v) is 5.76. The maximum absolute atomic E-state index is 13.0. The average Bonchev–Trinajstić information content (AvgIpc) is 3.36. The third kappa shape index (κ3) is 3.23. The summed E-state index contributed by atoms with van der Waals surface area (Å²) in [7, 11) is 1.48. The molecule has 2 fully saturated rings. The molecule has 0 bridgehead atoms. The predicted octanol–water partition coefficient (Wildman–Crippen LogP) is 1.98. The highest BCUT2D eigenvalue weighted by molar-refractivity contribution is 5.99. The van der Waals surface area contributed by atoms with Gasteiger partial charge in [0.2, 0.25) is 0 Å². The summed E-state index contributed by atoms with van der Waals surface area (Å²) < 4.78 is 10.8. The molecule has 2 aromatic rings. The van der Waals surface area contributed by atoms with Gasteiger partial charge in [-0.2, -0.15) is 5.26 Å². The zero-order valence-electron chi connectivity index (χ0n) is 15.9. The number of nitrogens with zero attached hydrogens (tertiary/aromatic N) is 2. The Kier molecular flexibility index (Phi) is 5.03. The number of benzene rings is 1. The van der Waals surface area contributed by atoms with Crippen molar-refractivity contribution < 1.29 is 13.9 Å². The molecular formula is C20H23N5O3. The fraction of sp³-hybridized carbons (Fsp3) is 0.450. The van der Waals surface area contributed by atoms with Crippen LogP contribution in [0.15, 0.2) is 29.1 Å². The summed E-state index contributed by atoms with van der Waals surface area (Å²) in [6.45, 7) is 1.85. The number of hydrazine groups is 1. The zero-order valence-corrected chi connectivity index (χ0v) is 15.9. The molecule has 0 radical (unpaired) electrons. The number of nitrogens with one attached hydrogen (secondary N) is 3. The molecule has 1 amide bonds. The molecule has 1 saturated heterocycles. The number of ether oxygens (including phenoxy) is 1. The van der Waals surface area contributed by atoms with Gasteiger partial charge in [-0.15, -0.1) is 0 Å². The summed E-state index contributed by atoms with van der Waals surface area (Å²) in [5.74, 6) is 1.22. The number of aromatic nitrogens is 1. The van der Waals surface area contributed by atoms with Gasteiger partial charge in [-0.1, -0.05) is 6.07 Å². The molecule has 1 aliphatic carbocycles. The monoisotopic (exact) mass is 381 g/mol. The predicted molar refractivity (Wildman–Crippen MR) is 100 cm³/mol. The lowest BCUT2D eigenvalue weighted by Crippen LogP contribution is -2.44. The number of carbonyl (C=O) groups is 1. The van der Waals surface area contributed by atoms with Gasteiger partial charge in [0.25, 0.3) is 5.91 Å². The normalized spacial score (nSPS) is 26.3. The van der Waals surface area contributed by atoms with Gasteiger partial charge in [0, 0.05) is 18.0 Å². The van der Waals surface area contributed by atoms with Crippen molar-refractivity contribution >= 4 is 5.91 Å². The van der Waals surface area contributed by atoms with Crippen molar-refractivity contribution in [1.82, 2.24) is 21.2 Å². The first kappa shape index (κ1) is 18.5. The van der Waals surface area contributed by atoms with Crippen LogP contribution in [0.4, 0.5) is 0 Å². The lowest BCUT2D eigenvalue weighted by atomic mass is 9.78. The SMILES string of the molecule is COc1c(C#N)ccc(C)c1C(=O)NC1CCC2NNC(c3cnco3)C2C1. The van der Waals surface area contributed by atoms with Gasteiger partial charge in [0.05, 0.1) is 30.5 Å². The number of amides is 1. The average molecular weight is 381 g/mol. The maximum atomic E-state index is 13.0. The van der Waals surface area contributed by atoms with E-state index in [-0.39, 0.29) is 18.0 Å². The lowest BCUT2D eigenvalue weighted by molar-refractivity contribution is 0.0910. The number of aryl methyl sites for hydroxylation is 1. The molecule has 1 aromatic heterocycles. The van der Waals surface area contributed by atoms with Gasteiger partial charge in [-0.25, -0.2) is 10.4 Å². The zero-order chi connectivity index (χ0) is 19.7. The Morgan fingerprint density at radius 2 is 2.25 bits per heavy atom. The highest BCUT2D eigenvalue weighted by Crippen LogP contribution is 2.38. The van der Waals surface area contributed by atoms with Crippen molar-refractivity contribution in [2.75, 3.05) is 7.11 Å². The van der Waals surface area contributed by atoms with E-state index >= 15 is 0 Å². The van der Waals surface area contributed by atoms with Crippen molar-refractivity contribution in [2.45, 2.75) is 44.3 Å². The topological polar surface area (TPSA) is 112 Å². The van der Waals surface area contributed by atoms with E-state index in [1.54, 1.807) is 18.3 Å². The van der Waals surface area contributed by atoms with Crippen molar-refractivity contribution in [1.29, 1.82) is 5.26 Å². The van der Waals surface area contributed by atoms with Crippen molar-refractivity contribution in [3.8, 4) is 11.8 Å². The lowest BCUT2D eigenvalue weighted by Gasteiger charge is -2.33. The van der Waals surface area contributed by atoms with E-state index in [1.807, 2.05) is 6.92 Å². The highest BCUT2D eigenvalue weighted by atomic mass is 16.5. The van der Waals surface area contributed by atoms with E-state index in [2.05, 4.69) is 27.2 Å². The molecule has 0 spiro atoms. The van der Waals surface area contributed by atoms with E-state index in [0.717, 1.165) is 30.6 Å². The van der Waals surface area contributed by atoms with E-state index in [4.69, 9.17) is 9.15 Å². The number of fused-ring (bicyclic) bond motifs is 1. The highest BCUT2D eigenvalue weighted by Gasteiger charge is 2.42. The molecule has 1 saturated carbocycles. The van der Waals surface area contributed by atoms with Gasteiger partial charge < -0.3 is 14.5 Å². The summed E-state index contributed by atoms with van der Waals surface area (Å²) in [5, 5.41) is 12.5. The maximum Gasteiger partial charge on any atom is 0.255 e. The third-order valence-electron chi connectivity index (χ3n) is 5.76. The number of oxazole rings is 1. The molecule has 3 N–H and O–H groups in total. The fourth-order valence-corrected chi connectivity index (χ4v) is 4.37. The van der Waals surface area contributed by atoms with Crippen molar-refractivity contribution in [3.05, 3.63) is 47.2 Å². The molecule has 8 heteroatoms. The molecule has 4 rings (SSSR count). The summed E-state index contributed by atoms with van der Waals surface area (Å²) >= 11 is 0. The molecule has 2 aliphatic rings. The van der Waals surface area contributed by atoms with E-state index in [0.29, 0.717) is 28.8 Å². The van der Waals surface area contributed by atoms with Gasteiger partial charge in [-0.3, -0.25) is 10.2 Å². The Morgan fingerprint density at radius 3 is 2.96 bits per heavy atom. The molecule has 8 nitrogen and oxygen atoms in total. The minimum atomic E-state index is -0.204. The number of hydrogen-bond donors (Lipinski definition) is 3. The first-order valence-electron chi connectivity index (χ1n) is 9.40. The molecule has 4 atom stereocenters. The Hall–Kier alpha value is -2.89. The van der Waals surface area contributed by atoms with Crippen molar-refractivity contribution in [3.63, 3.8) is 0 Å². The van der Waals surface area contributed by atoms with Crippen LogP contribution in [0.2, 0.25) is 0 Å². The number of nitriles is 1. The molecule has 28 heavy (non-hydrogen) atoms. The molecule has 1 aliphatic heterocycles. The minimum absolute atomic E-state index is 0.0328. The van der Waals surface area contributed by atoms with Crippen LogP contribution < -0.4 is 20.9 Å². The second-order valence-electron chi connectivity index (χ2n) is 7.37. The van der Waals surface area contributed by atoms with E-state index in [1.165, 1.54) is 13.5 Å². The smallest absolute Gasteiger partial charge is 0.255 e. The Labute approximate surface area is 163 Å². The number of rotatable bonds is 4. The minimum Gasteiger partial charge on any atom is -0.495 e. The van der Waals surface area contributed by atoms with E-state index in [9.17, 15) is 10.1 Å². The Balaban J connectivity index is 1.51. The standard InChI is InChI=1S/C20H23N5O3/c1-11-3-4-12(8-21)19(27-2)17(11)20(26)23-13-5-6-15-14(7-13)18(25-24-15)16-9-22-10-28-16/h3-4,9-10,13-15,18,24-25H,5-7H2,1-2H3,(H,23,26). The van der Waals surface area contributed by atoms with Gasteiger partial charge in [0.1, 0.15) is 17.6 Å². The van der Waals surface area contributed by atoms with Crippen molar-refractivity contribution in [2.24, 2.45) is 5.92 Å². The number of hydrogen-bond acceptors (Lipinski definition) is 7. The van der Waals surface area contributed by atoms with Gasteiger partial charge in [0.15, 0.2) is 6.39 Å². The second kappa shape index (κ2) is 7.62. The Morgan fingerprint density at radius 1 is 1.39 bits per heavy atom. The van der Waals surface area contributed by atoms with Crippen LogP contribution in [0.5, 0.6) is 5.75 Å². The number of methoxy groups -OCH3 is 1. The fourth-order valence-electron chi connectivity index (χ4n) is 4.37. The quantitative estimate of drug-likeness (QED) is 0.742. The van der Waals surface area contributed by atoms with Crippen LogP contribution in [0, 0.1) is 24.2 Å². The summed E-state index contributed by atoms with van der Waals surface area (Å²) in [6, 6.07) is 5.94. The number of carbonyl (C=O) groups excluding carboxylic acids is 1.